The summed E-state index contributed by atoms with van der Waals surface area (Å²) in [7, 11) is 0. The molecule has 9 N–H and O–H groups in total. The van der Waals surface area contributed by atoms with Crippen LogP contribution in [0.1, 0.15) is 78.1 Å². The number of cyclic esters (lactones) is 1. The second-order valence-electron chi connectivity index (χ2n) is 12.0. The van der Waals surface area contributed by atoms with Gasteiger partial charge in [-0.25, -0.2) is 0 Å². The molecule has 1 aliphatic heterocycles. The van der Waals surface area contributed by atoms with Gasteiger partial charge in [-0.2, -0.15) is 0 Å². The Morgan fingerprint density at radius 2 is 1.20 bits per heavy atom. The third-order valence-corrected chi connectivity index (χ3v) is 7.67. The summed E-state index contributed by atoms with van der Waals surface area (Å²) in [5.74, 6) is -2.31. The predicted octanol–water partition coefficient (Wildman–Crippen LogP) is 1.50. The number of hydrogen-bond acceptors (Lipinski definition) is 11. The number of hydrogen-bond donors (Lipinski definition) is 9. The highest BCUT2D eigenvalue weighted by atomic mass is 16.5. The molecule has 1 heterocycles. The molecule has 0 radical (unpaired) electrons. The zero-order valence-corrected chi connectivity index (χ0v) is 26.6. The van der Waals surface area contributed by atoms with Crippen molar-refractivity contribution in [1.82, 2.24) is 0 Å². The van der Waals surface area contributed by atoms with Crippen LogP contribution in [0, 0.1) is 5.92 Å². The van der Waals surface area contributed by atoms with Gasteiger partial charge >= 0.3 is 5.97 Å². The molecule has 0 saturated carbocycles. The number of aliphatic hydroxyl groups is 9. The highest BCUT2D eigenvalue weighted by Crippen LogP contribution is 2.23. The van der Waals surface area contributed by atoms with E-state index in [9.17, 15) is 50.8 Å². The molecule has 10 atom stereocenters. The molecule has 0 fully saturated rings. The quantitative estimate of drug-likeness (QED) is 0.155. The number of aliphatic hydroxyl groups excluding tert-OH is 9. The number of carbonyl (C=O) groups is 1. The highest BCUT2D eigenvalue weighted by molar-refractivity contribution is 5.73. The van der Waals surface area contributed by atoms with Crippen LogP contribution in [-0.2, 0) is 9.53 Å². The van der Waals surface area contributed by atoms with E-state index >= 15 is 0 Å². The largest absolute Gasteiger partial charge is 0.462 e. The van der Waals surface area contributed by atoms with Crippen LogP contribution in [0.2, 0.25) is 0 Å². The molecule has 1 aliphatic rings. The van der Waals surface area contributed by atoms with Gasteiger partial charge in [0.05, 0.1) is 48.8 Å². The van der Waals surface area contributed by atoms with Crippen LogP contribution in [-0.4, -0.2) is 113 Å². The van der Waals surface area contributed by atoms with Crippen LogP contribution in [0.3, 0.4) is 0 Å². The van der Waals surface area contributed by atoms with E-state index in [4.69, 9.17) is 4.74 Å². The van der Waals surface area contributed by atoms with Gasteiger partial charge in [-0.05, 0) is 44.6 Å². The summed E-state index contributed by atoms with van der Waals surface area (Å²) in [6.07, 6.45) is 5.75. The van der Waals surface area contributed by atoms with Crippen molar-refractivity contribution in [3.8, 4) is 0 Å². The highest BCUT2D eigenvalue weighted by Gasteiger charge is 2.36. The monoisotopic (exact) mass is 640 g/mol. The molecule has 0 aromatic rings. The average Bonchev–Trinajstić information content (AvgIpc) is 2.94. The van der Waals surface area contributed by atoms with E-state index < -0.39 is 73.4 Å². The minimum atomic E-state index is -1.51. The lowest BCUT2D eigenvalue weighted by atomic mass is 9.88. The van der Waals surface area contributed by atoms with E-state index in [2.05, 4.69) is 0 Å². The molecule has 0 aromatic heterocycles. The molecule has 0 aliphatic carbocycles. The maximum atomic E-state index is 12.9. The number of esters is 1. The van der Waals surface area contributed by atoms with Gasteiger partial charge in [0.25, 0.3) is 0 Å². The van der Waals surface area contributed by atoms with E-state index in [0.717, 1.165) is 12.8 Å². The van der Waals surface area contributed by atoms with Crippen molar-refractivity contribution in [2.24, 2.45) is 5.92 Å². The maximum Gasteiger partial charge on any atom is 0.314 e. The molecule has 11 heteroatoms. The lowest BCUT2D eigenvalue weighted by molar-refractivity contribution is -0.162. The minimum Gasteiger partial charge on any atom is -0.462 e. The zero-order chi connectivity index (χ0) is 33.8. The van der Waals surface area contributed by atoms with Gasteiger partial charge in [0, 0.05) is 12.8 Å². The maximum absolute atomic E-state index is 12.9. The van der Waals surface area contributed by atoms with Gasteiger partial charge in [-0.1, -0.05) is 80.9 Å². The summed E-state index contributed by atoms with van der Waals surface area (Å²) >= 11 is 0. The molecule has 0 spiro atoms. The van der Waals surface area contributed by atoms with Gasteiger partial charge in [0.2, 0.25) is 0 Å². The topological polar surface area (TPSA) is 208 Å². The van der Waals surface area contributed by atoms with Crippen molar-refractivity contribution < 1.29 is 55.5 Å². The second-order valence-corrected chi connectivity index (χ2v) is 12.0. The van der Waals surface area contributed by atoms with E-state index in [-0.39, 0.29) is 44.9 Å². The number of rotatable bonds is 5. The molecule has 1 rings (SSSR count). The molecule has 0 aromatic carbocycles. The molecule has 10 unspecified atom stereocenters. The van der Waals surface area contributed by atoms with Gasteiger partial charge < -0.3 is 50.7 Å². The smallest absolute Gasteiger partial charge is 0.314 e. The van der Waals surface area contributed by atoms with E-state index in [0.29, 0.717) is 12.0 Å². The SMILES string of the molecule is CCCCCC(O)C1C(=O)OCC(O)/C=C/C=C/C=C/C=C/C=C(\C)C(O)CC(O)CC(O)CC(O)CC(O)CC(O)CC1O. The molecule has 11 nitrogen and oxygen atoms in total. The van der Waals surface area contributed by atoms with E-state index in [1.165, 1.54) is 6.08 Å². The van der Waals surface area contributed by atoms with Gasteiger partial charge in [-0.15, -0.1) is 0 Å². The van der Waals surface area contributed by atoms with Crippen LogP contribution in [0.4, 0.5) is 0 Å². The van der Waals surface area contributed by atoms with Crippen LogP contribution in [0.25, 0.3) is 0 Å². The summed E-state index contributed by atoms with van der Waals surface area (Å²) in [4.78, 5) is 12.9. The predicted molar refractivity (Wildman–Crippen MR) is 171 cm³/mol. The third-order valence-electron chi connectivity index (χ3n) is 7.67. The number of unbranched alkanes of at least 4 members (excludes halogenated alkanes) is 2. The summed E-state index contributed by atoms with van der Waals surface area (Å²) in [6, 6.07) is 0. The first-order chi connectivity index (χ1) is 21.3. The Labute approximate surface area is 267 Å². The number of carbonyl (C=O) groups excluding carboxylic acids is 1. The van der Waals surface area contributed by atoms with Crippen molar-refractivity contribution in [2.45, 2.75) is 133 Å². The molecular weight excluding hydrogens is 584 g/mol. The number of allylic oxidation sites excluding steroid dienone is 8. The standard InChI is InChI=1S/C34H56O11/c1-3-4-10-15-30(41)33-32(43)21-29(40)19-27(38)17-25(36)16-26(37)18-28(39)20-31(42)23(2)13-11-8-6-5-7-9-12-14-24(35)22-45-34(33)44/h5-9,11-14,24-33,35-43H,3-4,10,15-22H2,1-2H3/b6-5+,9-7+,11-8+,14-12+,23-13+. The van der Waals surface area contributed by atoms with Crippen LogP contribution in [0.15, 0.2) is 60.3 Å². The number of ether oxygens (including phenoxy) is 1. The first-order valence-corrected chi connectivity index (χ1v) is 16.0. The van der Waals surface area contributed by atoms with Crippen molar-refractivity contribution >= 4 is 5.97 Å². The van der Waals surface area contributed by atoms with E-state index in [1.807, 2.05) is 6.92 Å². The lowest BCUT2D eigenvalue weighted by Gasteiger charge is -2.28. The lowest BCUT2D eigenvalue weighted by Crippen LogP contribution is -2.42. The Bertz CT molecular complexity index is 960. The van der Waals surface area contributed by atoms with Crippen LogP contribution < -0.4 is 0 Å². The fourth-order valence-electron chi connectivity index (χ4n) is 5.11. The van der Waals surface area contributed by atoms with Crippen LogP contribution in [0.5, 0.6) is 0 Å². The molecular formula is C34H56O11. The summed E-state index contributed by atoms with van der Waals surface area (Å²) in [5.41, 5.74) is 0.610. The second kappa shape index (κ2) is 23.2. The fraction of sp³-hybridized carbons (Fsp3) is 0.676. The first-order valence-electron chi connectivity index (χ1n) is 16.0. The van der Waals surface area contributed by atoms with Crippen molar-refractivity contribution in [1.29, 1.82) is 0 Å². The van der Waals surface area contributed by atoms with Gasteiger partial charge in [0.15, 0.2) is 0 Å². The Morgan fingerprint density at radius 3 is 1.76 bits per heavy atom. The fourth-order valence-corrected chi connectivity index (χ4v) is 5.11. The molecule has 0 amide bonds. The molecule has 45 heavy (non-hydrogen) atoms. The summed E-state index contributed by atoms with van der Waals surface area (Å²) in [6.45, 7) is 3.28. The minimum absolute atomic E-state index is 0.0148. The Morgan fingerprint density at radius 1 is 0.711 bits per heavy atom. The molecule has 0 saturated heterocycles. The Kier molecular flexibility index (Phi) is 21.0. The van der Waals surface area contributed by atoms with Crippen molar-refractivity contribution in [2.75, 3.05) is 6.61 Å². The normalized spacial score (nSPS) is 37.5. The third kappa shape index (κ3) is 18.5. The molecule has 0 bridgehead atoms. The van der Waals surface area contributed by atoms with Crippen molar-refractivity contribution in [3.05, 3.63) is 60.3 Å². The zero-order valence-electron chi connectivity index (χ0n) is 26.6. The average molecular weight is 641 g/mol. The Balaban J connectivity index is 3.07. The van der Waals surface area contributed by atoms with Crippen LogP contribution >= 0.6 is 0 Å². The van der Waals surface area contributed by atoms with Gasteiger partial charge in [0.1, 0.15) is 18.6 Å². The Hall–Kier alpha value is -2.19. The molecule has 258 valence electrons. The van der Waals surface area contributed by atoms with Crippen molar-refractivity contribution in [3.63, 3.8) is 0 Å². The van der Waals surface area contributed by atoms with E-state index in [1.54, 1.807) is 55.5 Å². The first kappa shape index (κ1) is 40.8. The van der Waals surface area contributed by atoms with Gasteiger partial charge in [-0.3, -0.25) is 4.79 Å². The summed E-state index contributed by atoms with van der Waals surface area (Å²) < 4.78 is 5.21. The summed E-state index contributed by atoms with van der Waals surface area (Å²) in [5, 5.41) is 94.2.